The highest BCUT2D eigenvalue weighted by atomic mass is 16.5. The summed E-state index contributed by atoms with van der Waals surface area (Å²) in [6.45, 7) is 6.28. The summed E-state index contributed by atoms with van der Waals surface area (Å²) >= 11 is 0. The van der Waals surface area contributed by atoms with E-state index in [0.717, 1.165) is 5.69 Å². The van der Waals surface area contributed by atoms with E-state index in [1.54, 1.807) is 21.3 Å². The van der Waals surface area contributed by atoms with Crippen molar-refractivity contribution in [1.82, 2.24) is 0 Å². The van der Waals surface area contributed by atoms with Crippen LogP contribution in [0.2, 0.25) is 0 Å². The van der Waals surface area contributed by atoms with Crippen LogP contribution in [0.25, 0.3) is 0 Å². The minimum absolute atomic E-state index is 0.0282. The first-order valence-corrected chi connectivity index (χ1v) is 5.76. The molecule has 0 unspecified atom stereocenters. The van der Waals surface area contributed by atoms with Crippen molar-refractivity contribution in [2.24, 2.45) is 10.4 Å². The fourth-order valence-corrected chi connectivity index (χ4v) is 1.41. The van der Waals surface area contributed by atoms with Gasteiger partial charge in [-0.15, -0.1) is 0 Å². The summed E-state index contributed by atoms with van der Waals surface area (Å²) in [5, 5.41) is 0. The molecule has 0 amide bonds. The van der Waals surface area contributed by atoms with Gasteiger partial charge in [-0.2, -0.15) is 0 Å². The number of hydrogen-bond donors (Lipinski definition) is 0. The molecule has 0 radical (unpaired) electrons. The maximum absolute atomic E-state index is 5.27. The Morgan fingerprint density at radius 3 is 1.78 bits per heavy atom. The molecule has 0 fully saturated rings. The van der Waals surface area contributed by atoms with Crippen molar-refractivity contribution < 1.29 is 14.2 Å². The van der Waals surface area contributed by atoms with Gasteiger partial charge in [0, 0.05) is 18.3 Å². The Bertz CT molecular complexity index is 408. The van der Waals surface area contributed by atoms with Gasteiger partial charge < -0.3 is 14.2 Å². The first kappa shape index (κ1) is 14.4. The molecule has 4 heteroatoms. The molecule has 18 heavy (non-hydrogen) atoms. The van der Waals surface area contributed by atoms with Crippen molar-refractivity contribution >= 4 is 11.9 Å². The minimum atomic E-state index is 0.0282. The molecule has 0 N–H and O–H groups in total. The van der Waals surface area contributed by atoms with Crippen LogP contribution in [0.3, 0.4) is 0 Å². The summed E-state index contributed by atoms with van der Waals surface area (Å²) in [5.41, 5.74) is 0.805. The van der Waals surface area contributed by atoms with Gasteiger partial charge in [-0.1, -0.05) is 20.8 Å². The Hall–Kier alpha value is -1.71. The fourth-order valence-electron chi connectivity index (χ4n) is 1.41. The van der Waals surface area contributed by atoms with E-state index >= 15 is 0 Å². The summed E-state index contributed by atoms with van der Waals surface area (Å²) < 4.78 is 15.8. The van der Waals surface area contributed by atoms with E-state index in [2.05, 4.69) is 25.8 Å². The van der Waals surface area contributed by atoms with Crippen molar-refractivity contribution in [3.8, 4) is 17.2 Å². The molecular formula is C14H21NO3. The van der Waals surface area contributed by atoms with Gasteiger partial charge in [0.05, 0.1) is 27.0 Å². The van der Waals surface area contributed by atoms with E-state index in [1.807, 2.05) is 18.3 Å². The summed E-state index contributed by atoms with van der Waals surface area (Å²) in [6, 6.07) is 3.65. The summed E-state index contributed by atoms with van der Waals surface area (Å²) in [5.74, 6) is 1.80. The zero-order valence-electron chi connectivity index (χ0n) is 11.9. The van der Waals surface area contributed by atoms with Crippen LogP contribution in [-0.2, 0) is 0 Å². The Morgan fingerprint density at radius 2 is 1.44 bits per heavy atom. The monoisotopic (exact) mass is 251 g/mol. The first-order chi connectivity index (χ1) is 8.41. The molecule has 1 aromatic rings. The molecule has 0 saturated carbocycles. The Labute approximate surface area is 109 Å². The standard InChI is InChI=1S/C14H21NO3/c1-14(2,3)9-15-10-7-11(16-4)13(18-6)12(8-10)17-5/h7-9H,1-6H3. The quantitative estimate of drug-likeness (QED) is 0.769. The molecule has 4 nitrogen and oxygen atoms in total. The van der Waals surface area contributed by atoms with Crippen LogP contribution < -0.4 is 14.2 Å². The van der Waals surface area contributed by atoms with Gasteiger partial charge in [-0.05, 0) is 5.41 Å². The molecule has 0 aliphatic heterocycles. The minimum Gasteiger partial charge on any atom is -0.493 e. The lowest BCUT2D eigenvalue weighted by atomic mass is 9.99. The number of rotatable bonds is 4. The lowest BCUT2D eigenvalue weighted by molar-refractivity contribution is 0.324. The zero-order chi connectivity index (χ0) is 13.8. The Kier molecular flexibility index (Phi) is 4.59. The number of methoxy groups -OCH3 is 3. The zero-order valence-corrected chi connectivity index (χ0v) is 11.9. The molecule has 0 saturated heterocycles. The molecule has 0 bridgehead atoms. The van der Waals surface area contributed by atoms with Gasteiger partial charge in [0.25, 0.3) is 0 Å². The lowest BCUT2D eigenvalue weighted by Gasteiger charge is -2.14. The third-order valence-corrected chi connectivity index (χ3v) is 2.25. The lowest BCUT2D eigenvalue weighted by Crippen LogP contribution is -2.05. The summed E-state index contributed by atoms with van der Waals surface area (Å²) in [4.78, 5) is 4.43. The van der Waals surface area contributed by atoms with Crippen LogP contribution in [-0.4, -0.2) is 27.5 Å². The van der Waals surface area contributed by atoms with E-state index in [-0.39, 0.29) is 5.41 Å². The van der Waals surface area contributed by atoms with Gasteiger partial charge in [0.1, 0.15) is 0 Å². The molecule has 0 aliphatic rings. The second kappa shape index (κ2) is 5.76. The van der Waals surface area contributed by atoms with Gasteiger partial charge >= 0.3 is 0 Å². The molecule has 0 aromatic heterocycles. The van der Waals surface area contributed by atoms with Crippen molar-refractivity contribution in [2.75, 3.05) is 21.3 Å². The fraction of sp³-hybridized carbons (Fsp3) is 0.500. The van der Waals surface area contributed by atoms with Gasteiger partial charge in [0.2, 0.25) is 5.75 Å². The van der Waals surface area contributed by atoms with Gasteiger partial charge in [-0.3, -0.25) is 4.99 Å². The molecular weight excluding hydrogens is 230 g/mol. The first-order valence-electron chi connectivity index (χ1n) is 5.76. The van der Waals surface area contributed by atoms with Crippen molar-refractivity contribution in [2.45, 2.75) is 20.8 Å². The van der Waals surface area contributed by atoms with E-state index < -0.39 is 0 Å². The van der Waals surface area contributed by atoms with Crippen LogP contribution in [0, 0.1) is 5.41 Å². The number of aliphatic imine (C=N–C) groups is 1. The van der Waals surface area contributed by atoms with E-state index in [9.17, 15) is 0 Å². The Balaban J connectivity index is 3.19. The van der Waals surface area contributed by atoms with Crippen LogP contribution in [0.15, 0.2) is 17.1 Å². The SMILES string of the molecule is COc1cc(N=CC(C)(C)C)cc(OC)c1OC. The number of nitrogens with zero attached hydrogens (tertiary/aromatic N) is 1. The van der Waals surface area contributed by atoms with Crippen LogP contribution in [0.5, 0.6) is 17.2 Å². The highest BCUT2D eigenvalue weighted by Crippen LogP contribution is 2.40. The summed E-state index contributed by atoms with van der Waals surface area (Å²) in [7, 11) is 4.77. The molecule has 100 valence electrons. The highest BCUT2D eigenvalue weighted by Gasteiger charge is 2.13. The molecule has 1 rings (SSSR count). The average molecular weight is 251 g/mol. The Morgan fingerprint density at radius 1 is 0.944 bits per heavy atom. The predicted molar refractivity (Wildman–Crippen MR) is 73.7 cm³/mol. The van der Waals surface area contributed by atoms with Gasteiger partial charge in [0.15, 0.2) is 11.5 Å². The largest absolute Gasteiger partial charge is 0.493 e. The van der Waals surface area contributed by atoms with Crippen molar-refractivity contribution in [3.63, 3.8) is 0 Å². The molecule has 0 aliphatic carbocycles. The van der Waals surface area contributed by atoms with Gasteiger partial charge in [-0.25, -0.2) is 0 Å². The maximum atomic E-state index is 5.27. The topological polar surface area (TPSA) is 40.0 Å². The normalized spacial score (nSPS) is 11.7. The van der Waals surface area contributed by atoms with Crippen molar-refractivity contribution in [3.05, 3.63) is 12.1 Å². The molecule has 0 atom stereocenters. The third-order valence-electron chi connectivity index (χ3n) is 2.25. The molecule has 1 aromatic carbocycles. The smallest absolute Gasteiger partial charge is 0.203 e. The molecule has 0 heterocycles. The third kappa shape index (κ3) is 3.65. The highest BCUT2D eigenvalue weighted by molar-refractivity contribution is 5.71. The van der Waals surface area contributed by atoms with E-state index in [0.29, 0.717) is 17.2 Å². The molecule has 0 spiro atoms. The van der Waals surface area contributed by atoms with Crippen LogP contribution in [0.4, 0.5) is 5.69 Å². The van der Waals surface area contributed by atoms with E-state index in [4.69, 9.17) is 14.2 Å². The van der Waals surface area contributed by atoms with E-state index in [1.165, 1.54) is 0 Å². The second-order valence-electron chi connectivity index (χ2n) is 5.01. The second-order valence-corrected chi connectivity index (χ2v) is 5.01. The maximum Gasteiger partial charge on any atom is 0.203 e. The van der Waals surface area contributed by atoms with Crippen LogP contribution in [0.1, 0.15) is 20.8 Å². The number of ether oxygens (including phenoxy) is 3. The number of hydrogen-bond acceptors (Lipinski definition) is 4. The van der Waals surface area contributed by atoms with Crippen LogP contribution >= 0.6 is 0 Å². The predicted octanol–water partition coefficient (Wildman–Crippen LogP) is 3.46. The van der Waals surface area contributed by atoms with Crippen molar-refractivity contribution in [1.29, 1.82) is 0 Å². The average Bonchev–Trinajstić information content (AvgIpc) is 2.33. The number of benzene rings is 1. The summed E-state index contributed by atoms with van der Waals surface area (Å²) in [6.07, 6.45) is 1.90.